The lowest BCUT2D eigenvalue weighted by molar-refractivity contribution is 0.716. The van der Waals surface area contributed by atoms with Crippen LogP contribution in [0.3, 0.4) is 0 Å². The highest BCUT2D eigenvalue weighted by Crippen LogP contribution is 2.21. The van der Waals surface area contributed by atoms with Crippen molar-refractivity contribution in [2.75, 3.05) is 11.5 Å². The van der Waals surface area contributed by atoms with Gasteiger partial charge in [0.25, 0.3) is 0 Å². The van der Waals surface area contributed by atoms with Crippen LogP contribution in [0.2, 0.25) is 0 Å². The van der Waals surface area contributed by atoms with Crippen LogP contribution in [0.5, 0.6) is 0 Å². The lowest BCUT2D eigenvalue weighted by atomic mass is 10.2. The Balaban J connectivity index is 1.65. The van der Waals surface area contributed by atoms with Gasteiger partial charge >= 0.3 is 0 Å². The number of nitrogens with zero attached hydrogens (tertiary/aromatic N) is 3. The molecule has 0 amide bonds. The van der Waals surface area contributed by atoms with Gasteiger partial charge in [0.05, 0.1) is 6.54 Å². The van der Waals surface area contributed by atoms with Crippen LogP contribution in [-0.2, 0) is 13.0 Å². The number of anilines is 1. The molecule has 1 aromatic heterocycles. The summed E-state index contributed by atoms with van der Waals surface area (Å²) < 4.78 is 3.02. The van der Waals surface area contributed by atoms with Crippen LogP contribution in [0.4, 0.5) is 5.95 Å². The van der Waals surface area contributed by atoms with E-state index >= 15 is 0 Å². The van der Waals surface area contributed by atoms with Gasteiger partial charge in [-0.15, -0.1) is 10.2 Å². The normalized spacial score (nSPS) is 10.8. The molecule has 2 N–H and O–H groups in total. The third-order valence-corrected chi connectivity index (χ3v) is 4.96. The molecule has 0 aliphatic rings. The van der Waals surface area contributed by atoms with Crippen LogP contribution in [0.1, 0.15) is 11.1 Å². The van der Waals surface area contributed by atoms with Crippen LogP contribution in [0.15, 0.2) is 64.2 Å². The van der Waals surface area contributed by atoms with Crippen LogP contribution in [0, 0.1) is 0 Å². The molecule has 118 valence electrons. The van der Waals surface area contributed by atoms with Crippen LogP contribution < -0.4 is 5.73 Å². The van der Waals surface area contributed by atoms with Crippen molar-refractivity contribution in [3.8, 4) is 0 Å². The maximum Gasteiger partial charge on any atom is 0.222 e. The number of hydrogen-bond acceptors (Lipinski definition) is 4. The Morgan fingerprint density at radius 3 is 2.43 bits per heavy atom. The minimum absolute atomic E-state index is 0.454. The summed E-state index contributed by atoms with van der Waals surface area (Å²) in [7, 11) is 0. The van der Waals surface area contributed by atoms with E-state index in [-0.39, 0.29) is 0 Å². The highest BCUT2D eigenvalue weighted by atomic mass is 79.9. The molecule has 0 atom stereocenters. The van der Waals surface area contributed by atoms with Gasteiger partial charge in [0.1, 0.15) is 0 Å². The van der Waals surface area contributed by atoms with E-state index in [1.807, 2.05) is 22.8 Å². The van der Waals surface area contributed by atoms with Gasteiger partial charge in [-0.2, -0.15) is 0 Å². The Hall–Kier alpha value is -1.79. The summed E-state index contributed by atoms with van der Waals surface area (Å²) in [4.78, 5) is 0. The van der Waals surface area contributed by atoms with Crippen molar-refractivity contribution in [3.63, 3.8) is 0 Å². The summed E-state index contributed by atoms with van der Waals surface area (Å²) >= 11 is 5.13. The maximum absolute atomic E-state index is 5.97. The monoisotopic (exact) mass is 388 g/mol. The largest absolute Gasteiger partial charge is 0.368 e. The van der Waals surface area contributed by atoms with Crippen molar-refractivity contribution < 1.29 is 0 Å². The lowest BCUT2D eigenvalue weighted by Gasteiger charge is -2.08. The molecule has 3 aromatic rings. The van der Waals surface area contributed by atoms with E-state index in [0.29, 0.717) is 12.5 Å². The molecule has 3 rings (SSSR count). The molecular formula is C17H17BrN4S. The van der Waals surface area contributed by atoms with E-state index in [1.54, 1.807) is 11.8 Å². The first kappa shape index (κ1) is 16.1. The Morgan fingerprint density at radius 1 is 0.957 bits per heavy atom. The molecule has 23 heavy (non-hydrogen) atoms. The van der Waals surface area contributed by atoms with Crippen LogP contribution in [-0.4, -0.2) is 20.5 Å². The first-order valence-electron chi connectivity index (χ1n) is 7.32. The molecule has 2 aromatic carbocycles. The SMILES string of the molecule is Nc1nnc(SCCc2ccccc2)n1Cc1ccc(Br)cc1. The molecule has 0 saturated carbocycles. The Labute approximate surface area is 148 Å². The predicted molar refractivity (Wildman–Crippen MR) is 98.5 cm³/mol. The van der Waals surface area contributed by atoms with Crippen LogP contribution in [0.25, 0.3) is 0 Å². The van der Waals surface area contributed by atoms with E-state index < -0.39 is 0 Å². The number of rotatable bonds is 6. The summed E-state index contributed by atoms with van der Waals surface area (Å²) in [5.41, 5.74) is 8.47. The van der Waals surface area contributed by atoms with Gasteiger partial charge in [-0.25, -0.2) is 0 Å². The zero-order valence-corrected chi connectivity index (χ0v) is 14.9. The van der Waals surface area contributed by atoms with Gasteiger partial charge < -0.3 is 5.73 Å². The highest BCUT2D eigenvalue weighted by molar-refractivity contribution is 9.10. The van der Waals surface area contributed by atoms with Crippen molar-refractivity contribution in [3.05, 3.63) is 70.2 Å². The van der Waals surface area contributed by atoms with E-state index in [4.69, 9.17) is 5.73 Å². The summed E-state index contributed by atoms with van der Waals surface area (Å²) in [6, 6.07) is 18.6. The van der Waals surface area contributed by atoms with Gasteiger partial charge in [0.15, 0.2) is 5.16 Å². The molecule has 4 nitrogen and oxygen atoms in total. The van der Waals surface area contributed by atoms with Crippen molar-refractivity contribution in [2.24, 2.45) is 0 Å². The second-order valence-electron chi connectivity index (χ2n) is 5.14. The Morgan fingerprint density at radius 2 is 1.70 bits per heavy atom. The fourth-order valence-corrected chi connectivity index (χ4v) is 3.43. The smallest absolute Gasteiger partial charge is 0.222 e. The van der Waals surface area contributed by atoms with Crippen molar-refractivity contribution in [1.82, 2.24) is 14.8 Å². The first-order valence-corrected chi connectivity index (χ1v) is 9.10. The topological polar surface area (TPSA) is 56.7 Å². The molecule has 0 unspecified atom stereocenters. The summed E-state index contributed by atoms with van der Waals surface area (Å²) in [6.45, 7) is 0.680. The van der Waals surface area contributed by atoms with Crippen molar-refractivity contribution in [2.45, 2.75) is 18.1 Å². The van der Waals surface area contributed by atoms with Crippen molar-refractivity contribution >= 4 is 33.6 Å². The Kier molecular flexibility index (Phi) is 5.35. The molecule has 0 fully saturated rings. The molecule has 0 bridgehead atoms. The van der Waals surface area contributed by atoms with Gasteiger partial charge in [0, 0.05) is 10.2 Å². The predicted octanol–water partition coefficient (Wildman–Crippen LogP) is 4.01. The number of aromatic nitrogens is 3. The van der Waals surface area contributed by atoms with E-state index in [0.717, 1.165) is 21.8 Å². The minimum atomic E-state index is 0.454. The second kappa shape index (κ2) is 7.66. The third-order valence-electron chi connectivity index (χ3n) is 3.46. The van der Waals surface area contributed by atoms with E-state index in [2.05, 4.69) is 62.5 Å². The highest BCUT2D eigenvalue weighted by Gasteiger charge is 2.10. The molecule has 1 heterocycles. The van der Waals surface area contributed by atoms with Crippen molar-refractivity contribution in [1.29, 1.82) is 0 Å². The van der Waals surface area contributed by atoms with Crippen LogP contribution >= 0.6 is 27.7 Å². The summed E-state index contributed by atoms with van der Waals surface area (Å²) in [6.07, 6.45) is 0.997. The second-order valence-corrected chi connectivity index (χ2v) is 7.12. The fraction of sp³-hybridized carbons (Fsp3) is 0.176. The number of aryl methyl sites for hydroxylation is 1. The molecule has 0 aliphatic carbocycles. The summed E-state index contributed by atoms with van der Waals surface area (Å²) in [5, 5.41) is 9.08. The number of nitrogens with two attached hydrogens (primary N) is 1. The number of thioether (sulfide) groups is 1. The van der Waals surface area contributed by atoms with Gasteiger partial charge in [-0.3, -0.25) is 4.57 Å². The number of hydrogen-bond donors (Lipinski definition) is 1. The van der Waals surface area contributed by atoms with Gasteiger partial charge in [-0.1, -0.05) is 70.2 Å². The molecule has 0 spiro atoms. The fourth-order valence-electron chi connectivity index (χ4n) is 2.23. The maximum atomic E-state index is 5.97. The van der Waals surface area contributed by atoms with Gasteiger partial charge in [-0.05, 0) is 29.7 Å². The standard InChI is InChI=1S/C17H17BrN4S/c18-15-8-6-14(7-9-15)12-22-16(19)20-21-17(22)23-11-10-13-4-2-1-3-5-13/h1-9H,10-12H2,(H2,19,20). The van der Waals surface area contributed by atoms with E-state index in [1.165, 1.54) is 11.1 Å². The number of nitrogen functional groups attached to an aromatic ring is 1. The zero-order chi connectivity index (χ0) is 16.1. The average molecular weight is 389 g/mol. The quantitative estimate of drug-likeness (QED) is 0.648. The molecule has 0 aliphatic heterocycles. The van der Waals surface area contributed by atoms with E-state index in [9.17, 15) is 0 Å². The molecule has 0 saturated heterocycles. The number of halogens is 1. The summed E-state index contributed by atoms with van der Waals surface area (Å²) in [5.74, 6) is 1.40. The average Bonchev–Trinajstić information content (AvgIpc) is 2.91. The zero-order valence-electron chi connectivity index (χ0n) is 12.5. The Bertz CT molecular complexity index is 756. The molecular weight excluding hydrogens is 372 g/mol. The first-order chi connectivity index (χ1) is 11.2. The molecule has 6 heteroatoms. The lowest BCUT2D eigenvalue weighted by Crippen LogP contribution is -2.06. The molecule has 0 radical (unpaired) electrons. The third kappa shape index (κ3) is 4.36. The number of benzene rings is 2. The minimum Gasteiger partial charge on any atom is -0.368 e. The van der Waals surface area contributed by atoms with Gasteiger partial charge in [0.2, 0.25) is 5.95 Å².